The van der Waals surface area contributed by atoms with Crippen molar-refractivity contribution in [3.8, 4) is 5.75 Å². The summed E-state index contributed by atoms with van der Waals surface area (Å²) >= 11 is 0. The highest BCUT2D eigenvalue weighted by Gasteiger charge is 2.23. The number of nitrogens with two attached hydrogens (primary N) is 1. The van der Waals surface area contributed by atoms with E-state index >= 15 is 0 Å². The molecule has 4 nitrogen and oxygen atoms in total. The maximum Gasteiger partial charge on any atom is 0.264 e. The van der Waals surface area contributed by atoms with Gasteiger partial charge in [-0.15, -0.1) is 12.4 Å². The molecule has 1 heterocycles. The lowest BCUT2D eigenvalue weighted by Crippen LogP contribution is -2.38. The molecule has 0 saturated carbocycles. The summed E-state index contributed by atoms with van der Waals surface area (Å²) in [7, 11) is 0. The third-order valence-electron chi connectivity index (χ3n) is 3.94. The predicted octanol–water partition coefficient (Wildman–Crippen LogP) is 3.36. The molecule has 2 aromatic rings. The fourth-order valence-corrected chi connectivity index (χ4v) is 2.84. The Bertz CT molecular complexity index is 703. The smallest absolute Gasteiger partial charge is 0.264 e. The summed E-state index contributed by atoms with van der Waals surface area (Å²) in [5, 5.41) is 0. The molecule has 0 spiro atoms. The van der Waals surface area contributed by atoms with Crippen LogP contribution in [0.25, 0.3) is 0 Å². The van der Waals surface area contributed by atoms with Crippen LogP contribution in [0.2, 0.25) is 0 Å². The number of amides is 1. The van der Waals surface area contributed by atoms with Crippen molar-refractivity contribution in [1.29, 1.82) is 0 Å². The zero-order valence-electron chi connectivity index (χ0n) is 13.1. The second-order valence-electron chi connectivity index (χ2n) is 5.60. The molecule has 1 amide bonds. The van der Waals surface area contributed by atoms with E-state index in [1.807, 2.05) is 49.4 Å². The summed E-state index contributed by atoms with van der Waals surface area (Å²) in [4.78, 5) is 14.3. The third kappa shape index (κ3) is 3.77. The van der Waals surface area contributed by atoms with Crippen molar-refractivity contribution in [2.75, 3.05) is 23.8 Å². The summed E-state index contributed by atoms with van der Waals surface area (Å²) in [6.45, 7) is 2.75. The number of nitrogens with zero attached hydrogens (tertiary/aromatic N) is 1. The van der Waals surface area contributed by atoms with Gasteiger partial charge < -0.3 is 15.4 Å². The van der Waals surface area contributed by atoms with Crippen LogP contribution >= 0.6 is 12.4 Å². The Morgan fingerprint density at radius 3 is 2.83 bits per heavy atom. The van der Waals surface area contributed by atoms with Crippen molar-refractivity contribution in [2.45, 2.75) is 19.8 Å². The van der Waals surface area contributed by atoms with E-state index in [2.05, 4.69) is 0 Å². The summed E-state index contributed by atoms with van der Waals surface area (Å²) < 4.78 is 5.62. The Hall–Kier alpha value is -2.20. The number of aryl methyl sites for hydroxylation is 1. The van der Waals surface area contributed by atoms with Crippen LogP contribution < -0.4 is 15.4 Å². The average Bonchev–Trinajstić information content (AvgIpc) is 2.53. The lowest BCUT2D eigenvalue weighted by atomic mass is 10.00. The molecule has 0 unspecified atom stereocenters. The minimum absolute atomic E-state index is 0. The summed E-state index contributed by atoms with van der Waals surface area (Å²) in [6, 6.07) is 13.4. The minimum atomic E-state index is -0.0342. The first kappa shape index (κ1) is 17.2. The molecule has 1 aliphatic rings. The standard InChI is InChI=1S/C18H20N2O2.ClH/c1-13-5-2-6-14(11-13)22-12-18(21)20-10-4-7-15-16(19)8-3-9-17(15)20;/h2-3,5-6,8-9,11H,4,7,10,12,19H2,1H3;1H. The Balaban J connectivity index is 0.00000192. The zero-order valence-corrected chi connectivity index (χ0v) is 13.9. The SMILES string of the molecule is Cc1cccc(OCC(=O)N2CCCc3c(N)cccc32)c1.Cl. The number of carbonyl (C=O) groups excluding carboxylic acids is 1. The van der Waals surface area contributed by atoms with Crippen molar-refractivity contribution < 1.29 is 9.53 Å². The Labute approximate surface area is 142 Å². The molecule has 0 saturated heterocycles. The fourth-order valence-electron chi connectivity index (χ4n) is 2.84. The maximum absolute atomic E-state index is 12.5. The number of hydrogen-bond acceptors (Lipinski definition) is 3. The van der Waals surface area contributed by atoms with E-state index in [0.29, 0.717) is 6.54 Å². The Kier molecular flexibility index (Phi) is 5.50. The molecule has 0 aliphatic carbocycles. The highest BCUT2D eigenvalue weighted by molar-refractivity contribution is 5.96. The number of benzene rings is 2. The van der Waals surface area contributed by atoms with E-state index in [0.717, 1.165) is 41.1 Å². The molecule has 5 heteroatoms. The second kappa shape index (κ2) is 7.38. The van der Waals surface area contributed by atoms with Gasteiger partial charge in [-0.3, -0.25) is 4.79 Å². The molecular weight excluding hydrogens is 312 g/mol. The van der Waals surface area contributed by atoms with Crippen LogP contribution in [0, 0.1) is 6.92 Å². The van der Waals surface area contributed by atoms with Crippen molar-refractivity contribution in [1.82, 2.24) is 0 Å². The van der Waals surface area contributed by atoms with Gasteiger partial charge in [-0.05, 0) is 55.2 Å². The van der Waals surface area contributed by atoms with Gasteiger partial charge in [-0.1, -0.05) is 18.2 Å². The normalized spacial score (nSPS) is 13.0. The van der Waals surface area contributed by atoms with Crippen molar-refractivity contribution in [3.05, 3.63) is 53.6 Å². The van der Waals surface area contributed by atoms with Crippen molar-refractivity contribution in [2.24, 2.45) is 0 Å². The van der Waals surface area contributed by atoms with Gasteiger partial charge in [0.05, 0.1) is 0 Å². The lowest BCUT2D eigenvalue weighted by Gasteiger charge is -2.30. The number of fused-ring (bicyclic) bond motifs is 1. The number of ether oxygens (including phenoxy) is 1. The third-order valence-corrected chi connectivity index (χ3v) is 3.94. The van der Waals surface area contributed by atoms with Gasteiger partial charge in [0.2, 0.25) is 0 Å². The fraction of sp³-hybridized carbons (Fsp3) is 0.278. The topological polar surface area (TPSA) is 55.6 Å². The van der Waals surface area contributed by atoms with Crippen LogP contribution in [0.15, 0.2) is 42.5 Å². The number of hydrogen-bond donors (Lipinski definition) is 1. The molecular formula is C18H21ClN2O2. The summed E-state index contributed by atoms with van der Waals surface area (Å²) in [5.74, 6) is 0.686. The summed E-state index contributed by atoms with van der Waals surface area (Å²) in [5.41, 5.74) is 9.87. The van der Waals surface area contributed by atoms with Gasteiger partial charge in [-0.2, -0.15) is 0 Å². The van der Waals surface area contributed by atoms with E-state index in [1.54, 1.807) is 4.90 Å². The molecule has 3 rings (SSSR count). The molecule has 0 radical (unpaired) electrons. The van der Waals surface area contributed by atoms with Gasteiger partial charge in [-0.25, -0.2) is 0 Å². The first-order chi connectivity index (χ1) is 10.6. The average molecular weight is 333 g/mol. The largest absolute Gasteiger partial charge is 0.484 e. The van der Waals surface area contributed by atoms with Crippen LogP contribution in [-0.4, -0.2) is 19.1 Å². The van der Waals surface area contributed by atoms with E-state index in [4.69, 9.17) is 10.5 Å². The highest BCUT2D eigenvalue weighted by Crippen LogP contribution is 2.31. The van der Waals surface area contributed by atoms with Crippen LogP contribution in [0.3, 0.4) is 0 Å². The minimum Gasteiger partial charge on any atom is -0.484 e. The number of nitrogen functional groups attached to an aromatic ring is 1. The Morgan fingerprint density at radius 1 is 1.26 bits per heavy atom. The lowest BCUT2D eigenvalue weighted by molar-refractivity contribution is -0.120. The van der Waals surface area contributed by atoms with Gasteiger partial charge in [0.1, 0.15) is 5.75 Å². The highest BCUT2D eigenvalue weighted by atomic mass is 35.5. The molecule has 0 fully saturated rings. The van der Waals surface area contributed by atoms with Crippen LogP contribution in [-0.2, 0) is 11.2 Å². The van der Waals surface area contributed by atoms with Crippen molar-refractivity contribution >= 4 is 29.7 Å². The number of carbonyl (C=O) groups is 1. The van der Waals surface area contributed by atoms with Crippen molar-refractivity contribution in [3.63, 3.8) is 0 Å². The number of rotatable bonds is 3. The molecule has 1 aliphatic heterocycles. The quantitative estimate of drug-likeness (QED) is 0.877. The molecule has 2 N–H and O–H groups in total. The van der Waals surface area contributed by atoms with Gasteiger partial charge in [0, 0.05) is 17.9 Å². The van der Waals surface area contributed by atoms with E-state index in [9.17, 15) is 4.79 Å². The number of halogens is 1. The molecule has 122 valence electrons. The Morgan fingerprint density at radius 2 is 2.04 bits per heavy atom. The van der Waals surface area contributed by atoms with Crippen LogP contribution in [0.4, 0.5) is 11.4 Å². The maximum atomic E-state index is 12.5. The molecule has 0 atom stereocenters. The van der Waals surface area contributed by atoms with Gasteiger partial charge in [0.15, 0.2) is 6.61 Å². The van der Waals surface area contributed by atoms with Gasteiger partial charge in [0.25, 0.3) is 5.91 Å². The van der Waals surface area contributed by atoms with Gasteiger partial charge >= 0.3 is 0 Å². The summed E-state index contributed by atoms with van der Waals surface area (Å²) in [6.07, 6.45) is 1.85. The van der Waals surface area contributed by atoms with E-state index in [1.165, 1.54) is 0 Å². The predicted molar refractivity (Wildman–Crippen MR) is 95.5 cm³/mol. The van der Waals surface area contributed by atoms with E-state index in [-0.39, 0.29) is 24.9 Å². The van der Waals surface area contributed by atoms with Crippen LogP contribution in [0.5, 0.6) is 5.75 Å². The monoisotopic (exact) mass is 332 g/mol. The first-order valence-corrected chi connectivity index (χ1v) is 7.52. The van der Waals surface area contributed by atoms with E-state index < -0.39 is 0 Å². The second-order valence-corrected chi connectivity index (χ2v) is 5.60. The molecule has 0 aromatic heterocycles. The zero-order chi connectivity index (χ0) is 15.5. The van der Waals surface area contributed by atoms with Crippen LogP contribution in [0.1, 0.15) is 17.5 Å². The first-order valence-electron chi connectivity index (χ1n) is 7.52. The number of anilines is 2. The molecule has 2 aromatic carbocycles. The molecule has 23 heavy (non-hydrogen) atoms. The molecule has 0 bridgehead atoms.